The molecule has 6 nitrogen and oxygen atoms in total. The van der Waals surface area contributed by atoms with E-state index < -0.39 is 0 Å². The number of rotatable bonds is 6. The predicted molar refractivity (Wildman–Crippen MR) is 108 cm³/mol. The number of aryl methyl sites for hydroxylation is 1. The molecule has 0 saturated heterocycles. The molecule has 0 spiro atoms. The molecule has 2 aromatic heterocycles. The first kappa shape index (κ1) is 17.9. The third-order valence-corrected chi connectivity index (χ3v) is 4.84. The molecule has 0 radical (unpaired) electrons. The highest BCUT2D eigenvalue weighted by molar-refractivity contribution is 7.13. The number of benzene rings is 2. The second-order valence-corrected chi connectivity index (χ2v) is 7.05. The van der Waals surface area contributed by atoms with E-state index in [1.165, 1.54) is 11.3 Å². The van der Waals surface area contributed by atoms with Gasteiger partial charge in [-0.3, -0.25) is 4.79 Å². The Kier molecular flexibility index (Phi) is 5.16. The zero-order valence-electron chi connectivity index (χ0n) is 15.1. The molecule has 140 valence electrons. The number of thiophene rings is 1. The third kappa shape index (κ3) is 4.10. The number of anilines is 1. The average Bonchev–Trinajstić information content (AvgIpc) is 3.40. The van der Waals surface area contributed by atoms with E-state index in [-0.39, 0.29) is 12.5 Å². The molecule has 2 heterocycles. The maximum atomic E-state index is 12.2. The van der Waals surface area contributed by atoms with Gasteiger partial charge in [-0.05, 0) is 42.6 Å². The van der Waals surface area contributed by atoms with Gasteiger partial charge in [0.1, 0.15) is 5.75 Å². The number of carbonyl (C=O) groups excluding carboxylic acids is 1. The Balaban J connectivity index is 1.46. The molecule has 4 rings (SSSR count). The number of ether oxygens (including phenoxy) is 1. The van der Waals surface area contributed by atoms with Gasteiger partial charge in [-0.1, -0.05) is 41.1 Å². The Hall–Kier alpha value is -3.45. The molecule has 0 aliphatic rings. The lowest BCUT2D eigenvalue weighted by Gasteiger charge is -2.10. The molecule has 1 N–H and O–H groups in total. The molecule has 2 aromatic carbocycles. The van der Waals surface area contributed by atoms with Gasteiger partial charge in [-0.2, -0.15) is 4.98 Å². The molecule has 0 aliphatic heterocycles. The maximum absolute atomic E-state index is 12.2. The van der Waals surface area contributed by atoms with Crippen molar-refractivity contribution >= 4 is 22.9 Å². The number of carbonyl (C=O) groups is 1. The molecule has 0 atom stereocenters. The molecule has 0 bridgehead atoms. The molecule has 0 aliphatic carbocycles. The lowest BCUT2D eigenvalue weighted by molar-refractivity contribution is -0.118. The molecule has 1 amide bonds. The molecular weight excluding hydrogens is 374 g/mol. The smallest absolute Gasteiger partial charge is 0.268 e. The lowest BCUT2D eigenvalue weighted by Crippen LogP contribution is -2.20. The van der Waals surface area contributed by atoms with Gasteiger partial charge in [-0.25, -0.2) is 0 Å². The summed E-state index contributed by atoms with van der Waals surface area (Å²) in [4.78, 5) is 17.5. The average molecular weight is 391 g/mol. The highest BCUT2D eigenvalue weighted by Crippen LogP contribution is 2.30. The minimum atomic E-state index is -0.244. The van der Waals surface area contributed by atoms with E-state index in [1.54, 1.807) is 6.07 Å². The standard InChI is InChI=1S/C21H17N3O3S/c1-14-8-10-15(11-9-14)22-19(25)13-26-17-6-3-2-5-16(17)20-23-21(27-24-20)18-7-4-12-28-18/h2-12H,13H2,1H3,(H,22,25). The Labute approximate surface area is 165 Å². The van der Waals surface area contributed by atoms with Crippen LogP contribution in [0.15, 0.2) is 70.6 Å². The highest BCUT2D eigenvalue weighted by Gasteiger charge is 2.15. The fourth-order valence-corrected chi connectivity index (χ4v) is 3.23. The normalized spacial score (nSPS) is 10.6. The van der Waals surface area contributed by atoms with Crippen LogP contribution in [0.5, 0.6) is 5.75 Å². The first-order valence-corrected chi connectivity index (χ1v) is 9.53. The fourth-order valence-electron chi connectivity index (χ4n) is 2.59. The summed E-state index contributed by atoms with van der Waals surface area (Å²) >= 11 is 1.52. The van der Waals surface area contributed by atoms with Crippen LogP contribution in [-0.4, -0.2) is 22.7 Å². The third-order valence-electron chi connectivity index (χ3n) is 3.98. The Bertz CT molecular complexity index is 1070. The van der Waals surface area contributed by atoms with E-state index in [1.807, 2.05) is 66.9 Å². The summed E-state index contributed by atoms with van der Waals surface area (Å²) in [7, 11) is 0. The van der Waals surface area contributed by atoms with Crippen molar-refractivity contribution in [2.24, 2.45) is 0 Å². The highest BCUT2D eigenvalue weighted by atomic mass is 32.1. The minimum absolute atomic E-state index is 0.124. The Morgan fingerprint density at radius 1 is 1.11 bits per heavy atom. The summed E-state index contributed by atoms with van der Waals surface area (Å²) in [5.74, 6) is 1.14. The topological polar surface area (TPSA) is 77.2 Å². The number of nitrogens with zero attached hydrogens (tertiary/aromatic N) is 2. The molecule has 0 fully saturated rings. The largest absolute Gasteiger partial charge is 0.483 e. The number of aromatic nitrogens is 2. The summed E-state index contributed by atoms with van der Waals surface area (Å²) in [6.07, 6.45) is 0. The van der Waals surface area contributed by atoms with Crippen molar-refractivity contribution < 1.29 is 14.1 Å². The van der Waals surface area contributed by atoms with Crippen molar-refractivity contribution in [2.45, 2.75) is 6.92 Å². The first-order chi connectivity index (χ1) is 13.7. The van der Waals surface area contributed by atoms with E-state index in [4.69, 9.17) is 9.26 Å². The number of amides is 1. The van der Waals surface area contributed by atoms with Gasteiger partial charge in [0.15, 0.2) is 6.61 Å². The Morgan fingerprint density at radius 2 is 1.93 bits per heavy atom. The summed E-state index contributed by atoms with van der Waals surface area (Å²) in [6, 6.07) is 18.7. The van der Waals surface area contributed by atoms with Crippen molar-refractivity contribution in [3.8, 4) is 27.9 Å². The number of nitrogens with one attached hydrogen (secondary N) is 1. The van der Waals surface area contributed by atoms with Crippen molar-refractivity contribution in [3.63, 3.8) is 0 Å². The summed E-state index contributed by atoms with van der Waals surface area (Å²) in [5, 5.41) is 8.80. The van der Waals surface area contributed by atoms with E-state index in [2.05, 4.69) is 15.5 Å². The molecule has 0 saturated carbocycles. The van der Waals surface area contributed by atoms with E-state index in [0.717, 1.165) is 16.1 Å². The van der Waals surface area contributed by atoms with Crippen LogP contribution < -0.4 is 10.1 Å². The molecule has 4 aromatic rings. The second-order valence-electron chi connectivity index (χ2n) is 6.10. The van der Waals surface area contributed by atoms with Gasteiger partial charge >= 0.3 is 0 Å². The molecule has 0 unspecified atom stereocenters. The van der Waals surface area contributed by atoms with Crippen molar-refractivity contribution in [1.82, 2.24) is 10.1 Å². The van der Waals surface area contributed by atoms with Gasteiger partial charge in [0.2, 0.25) is 5.82 Å². The zero-order valence-corrected chi connectivity index (χ0v) is 15.9. The van der Waals surface area contributed by atoms with Crippen LogP contribution in [0.1, 0.15) is 5.56 Å². The zero-order chi connectivity index (χ0) is 19.3. The van der Waals surface area contributed by atoms with Crippen LogP contribution in [0.4, 0.5) is 5.69 Å². The van der Waals surface area contributed by atoms with Crippen molar-refractivity contribution in [2.75, 3.05) is 11.9 Å². The van der Waals surface area contributed by atoms with Crippen LogP contribution >= 0.6 is 11.3 Å². The monoisotopic (exact) mass is 391 g/mol. The summed E-state index contributed by atoms with van der Waals surface area (Å²) in [5.41, 5.74) is 2.52. The van der Waals surface area contributed by atoms with Crippen LogP contribution in [0.2, 0.25) is 0 Å². The van der Waals surface area contributed by atoms with Gasteiger partial charge in [0.25, 0.3) is 11.8 Å². The maximum Gasteiger partial charge on any atom is 0.268 e. The summed E-state index contributed by atoms with van der Waals surface area (Å²) < 4.78 is 11.1. The number of para-hydroxylation sites is 1. The van der Waals surface area contributed by atoms with Crippen LogP contribution in [0.25, 0.3) is 22.2 Å². The number of hydrogen-bond donors (Lipinski definition) is 1. The van der Waals surface area contributed by atoms with Gasteiger partial charge in [-0.15, -0.1) is 11.3 Å². The van der Waals surface area contributed by atoms with E-state index >= 15 is 0 Å². The van der Waals surface area contributed by atoms with Crippen LogP contribution in [0, 0.1) is 6.92 Å². The van der Waals surface area contributed by atoms with Crippen molar-refractivity contribution in [1.29, 1.82) is 0 Å². The quantitative estimate of drug-likeness (QED) is 0.511. The van der Waals surface area contributed by atoms with Gasteiger partial charge in [0, 0.05) is 5.69 Å². The van der Waals surface area contributed by atoms with E-state index in [0.29, 0.717) is 23.0 Å². The summed E-state index contributed by atoms with van der Waals surface area (Å²) in [6.45, 7) is 1.87. The van der Waals surface area contributed by atoms with E-state index in [9.17, 15) is 4.79 Å². The SMILES string of the molecule is Cc1ccc(NC(=O)COc2ccccc2-c2noc(-c3cccs3)n2)cc1. The molecule has 28 heavy (non-hydrogen) atoms. The fraction of sp³-hybridized carbons (Fsp3) is 0.0952. The van der Waals surface area contributed by atoms with Crippen molar-refractivity contribution in [3.05, 3.63) is 71.6 Å². The lowest BCUT2D eigenvalue weighted by atomic mass is 10.2. The first-order valence-electron chi connectivity index (χ1n) is 8.65. The van der Waals surface area contributed by atoms with Gasteiger partial charge < -0.3 is 14.6 Å². The molecule has 7 heteroatoms. The van der Waals surface area contributed by atoms with Gasteiger partial charge in [0.05, 0.1) is 10.4 Å². The minimum Gasteiger partial charge on any atom is -0.483 e. The van der Waals surface area contributed by atoms with Crippen LogP contribution in [-0.2, 0) is 4.79 Å². The second kappa shape index (κ2) is 8.06. The predicted octanol–water partition coefficient (Wildman–Crippen LogP) is 4.79. The van der Waals surface area contributed by atoms with Crippen LogP contribution in [0.3, 0.4) is 0 Å². The number of hydrogen-bond acceptors (Lipinski definition) is 6. The Morgan fingerprint density at radius 3 is 2.71 bits per heavy atom. The molecular formula is C21H17N3O3S.